The van der Waals surface area contributed by atoms with E-state index in [1.54, 1.807) is 42.7 Å². The van der Waals surface area contributed by atoms with Gasteiger partial charge in [0.1, 0.15) is 6.33 Å². The lowest BCUT2D eigenvalue weighted by Crippen LogP contribution is -2.15. The summed E-state index contributed by atoms with van der Waals surface area (Å²) in [5.41, 5.74) is 3.93. The lowest BCUT2D eigenvalue weighted by Gasteiger charge is -2.12. The van der Waals surface area contributed by atoms with Crippen LogP contribution in [0.5, 0.6) is 0 Å². The Bertz CT molecular complexity index is 1060. The Morgan fingerprint density at radius 2 is 1.76 bits per heavy atom. The zero-order valence-electron chi connectivity index (χ0n) is 15.9. The van der Waals surface area contributed by atoms with Crippen LogP contribution in [-0.4, -0.2) is 21.8 Å². The number of nitrogens with one attached hydrogen (secondary N) is 2. The van der Waals surface area contributed by atoms with E-state index in [-0.39, 0.29) is 11.8 Å². The number of benzene rings is 2. The van der Waals surface area contributed by atoms with Gasteiger partial charge in [0, 0.05) is 35.3 Å². The summed E-state index contributed by atoms with van der Waals surface area (Å²) in [5.74, 6) is -0.634. The molecule has 0 aliphatic carbocycles. The molecule has 0 atom stereocenters. The standard InChI is InChI=1S/C22H19ClN4O2/c1-14-6-8-17(22(29)27-21-15(2)4-3-5-18(21)23)10-19(14)26-20(28)9-7-16-11-24-13-25-12-16/h3-13H,1-2H3,(H,26,28)(H,27,29). The molecular weight excluding hydrogens is 388 g/mol. The van der Waals surface area contributed by atoms with Gasteiger partial charge in [-0.25, -0.2) is 9.97 Å². The summed E-state index contributed by atoms with van der Waals surface area (Å²) >= 11 is 6.18. The summed E-state index contributed by atoms with van der Waals surface area (Å²) < 4.78 is 0. The van der Waals surface area contributed by atoms with E-state index in [9.17, 15) is 9.59 Å². The van der Waals surface area contributed by atoms with Crippen molar-refractivity contribution in [3.05, 3.63) is 88.5 Å². The molecular formula is C22H19ClN4O2. The average molecular weight is 407 g/mol. The Balaban J connectivity index is 1.74. The summed E-state index contributed by atoms with van der Waals surface area (Å²) in [5, 5.41) is 6.09. The van der Waals surface area contributed by atoms with Crippen LogP contribution in [0.2, 0.25) is 5.02 Å². The van der Waals surface area contributed by atoms with E-state index >= 15 is 0 Å². The molecule has 1 heterocycles. The molecule has 0 saturated carbocycles. The van der Waals surface area contributed by atoms with Gasteiger partial charge in [-0.15, -0.1) is 0 Å². The van der Waals surface area contributed by atoms with Crippen LogP contribution in [0.25, 0.3) is 6.08 Å². The maximum atomic E-state index is 12.7. The van der Waals surface area contributed by atoms with Crippen molar-refractivity contribution in [2.45, 2.75) is 13.8 Å². The van der Waals surface area contributed by atoms with Crippen molar-refractivity contribution in [3.8, 4) is 0 Å². The van der Waals surface area contributed by atoms with Gasteiger partial charge in [0.25, 0.3) is 5.91 Å². The Hall–Kier alpha value is -3.51. The Kier molecular flexibility index (Phi) is 6.36. The van der Waals surface area contributed by atoms with Gasteiger partial charge in [-0.3, -0.25) is 9.59 Å². The highest BCUT2D eigenvalue weighted by Crippen LogP contribution is 2.26. The third-order valence-corrected chi connectivity index (χ3v) is 4.54. The summed E-state index contributed by atoms with van der Waals surface area (Å²) in [6.07, 6.45) is 7.62. The van der Waals surface area contributed by atoms with Gasteiger partial charge in [0.15, 0.2) is 0 Å². The molecule has 7 heteroatoms. The topological polar surface area (TPSA) is 84.0 Å². The molecule has 0 bridgehead atoms. The number of rotatable bonds is 5. The fourth-order valence-electron chi connectivity index (χ4n) is 2.62. The molecule has 0 spiro atoms. The minimum atomic E-state index is -0.323. The zero-order valence-corrected chi connectivity index (χ0v) is 16.7. The first-order valence-electron chi connectivity index (χ1n) is 8.85. The molecule has 0 aliphatic heterocycles. The van der Waals surface area contributed by atoms with Crippen LogP contribution in [0.4, 0.5) is 11.4 Å². The van der Waals surface area contributed by atoms with Gasteiger partial charge in [0.2, 0.25) is 5.91 Å². The Morgan fingerprint density at radius 3 is 2.48 bits per heavy atom. The van der Waals surface area contributed by atoms with Gasteiger partial charge in [-0.05, 0) is 49.2 Å². The summed E-state index contributed by atoms with van der Waals surface area (Å²) in [4.78, 5) is 32.7. The molecule has 0 radical (unpaired) electrons. The number of carbonyl (C=O) groups is 2. The van der Waals surface area contributed by atoms with E-state index in [1.165, 1.54) is 12.4 Å². The molecule has 1 aromatic heterocycles. The van der Waals surface area contributed by atoms with Gasteiger partial charge < -0.3 is 10.6 Å². The molecule has 29 heavy (non-hydrogen) atoms. The number of amides is 2. The summed E-state index contributed by atoms with van der Waals surface area (Å²) in [7, 11) is 0. The number of para-hydroxylation sites is 1. The van der Waals surface area contributed by atoms with E-state index in [4.69, 9.17) is 11.6 Å². The highest BCUT2D eigenvalue weighted by molar-refractivity contribution is 6.34. The number of nitrogens with zero attached hydrogens (tertiary/aromatic N) is 2. The Morgan fingerprint density at radius 1 is 1.00 bits per heavy atom. The number of carbonyl (C=O) groups excluding carboxylic acids is 2. The van der Waals surface area contributed by atoms with Crippen molar-refractivity contribution in [2.75, 3.05) is 10.6 Å². The highest BCUT2D eigenvalue weighted by atomic mass is 35.5. The van der Waals surface area contributed by atoms with Crippen molar-refractivity contribution >= 4 is 40.9 Å². The maximum Gasteiger partial charge on any atom is 0.255 e. The molecule has 3 aromatic rings. The number of anilines is 2. The van der Waals surface area contributed by atoms with Crippen LogP contribution >= 0.6 is 11.6 Å². The molecule has 0 saturated heterocycles. The first-order valence-corrected chi connectivity index (χ1v) is 9.23. The smallest absolute Gasteiger partial charge is 0.255 e. The van der Waals surface area contributed by atoms with Crippen molar-refractivity contribution in [2.24, 2.45) is 0 Å². The molecule has 2 amide bonds. The molecule has 0 aliphatic rings. The number of aromatic nitrogens is 2. The lowest BCUT2D eigenvalue weighted by atomic mass is 10.1. The second-order valence-corrected chi connectivity index (χ2v) is 6.82. The Labute approximate surface area is 173 Å². The van der Waals surface area contributed by atoms with Crippen LogP contribution in [0.15, 0.2) is 61.2 Å². The first kappa shape index (κ1) is 20.2. The first-order chi connectivity index (χ1) is 13.9. The highest BCUT2D eigenvalue weighted by Gasteiger charge is 2.12. The number of hydrogen-bond donors (Lipinski definition) is 2. The summed E-state index contributed by atoms with van der Waals surface area (Å²) in [6.45, 7) is 3.72. The SMILES string of the molecule is Cc1ccc(C(=O)Nc2c(C)cccc2Cl)cc1NC(=O)C=Cc1cncnc1. The van der Waals surface area contributed by atoms with E-state index in [2.05, 4.69) is 20.6 Å². The second kappa shape index (κ2) is 9.12. The van der Waals surface area contributed by atoms with E-state index < -0.39 is 0 Å². The average Bonchev–Trinajstić information content (AvgIpc) is 2.71. The van der Waals surface area contributed by atoms with E-state index in [1.807, 2.05) is 26.0 Å². The molecule has 2 aromatic carbocycles. The predicted molar refractivity (Wildman–Crippen MR) is 115 cm³/mol. The normalized spacial score (nSPS) is 10.7. The monoisotopic (exact) mass is 406 g/mol. The number of halogens is 1. The van der Waals surface area contributed by atoms with E-state index in [0.29, 0.717) is 27.5 Å². The lowest BCUT2D eigenvalue weighted by molar-refractivity contribution is -0.111. The van der Waals surface area contributed by atoms with Crippen LogP contribution in [0.3, 0.4) is 0 Å². The molecule has 0 unspecified atom stereocenters. The number of hydrogen-bond acceptors (Lipinski definition) is 4. The summed E-state index contributed by atoms with van der Waals surface area (Å²) in [6, 6.07) is 10.5. The second-order valence-electron chi connectivity index (χ2n) is 6.41. The van der Waals surface area contributed by atoms with Crippen molar-refractivity contribution in [3.63, 3.8) is 0 Å². The maximum absolute atomic E-state index is 12.7. The quantitative estimate of drug-likeness (QED) is 0.604. The third kappa shape index (κ3) is 5.27. The van der Waals surface area contributed by atoms with Gasteiger partial charge in [-0.2, -0.15) is 0 Å². The minimum absolute atomic E-state index is 0.311. The van der Waals surface area contributed by atoms with Crippen LogP contribution < -0.4 is 10.6 Å². The van der Waals surface area contributed by atoms with Gasteiger partial charge in [-0.1, -0.05) is 29.8 Å². The predicted octanol–water partition coefficient (Wildman–Crippen LogP) is 4.65. The van der Waals surface area contributed by atoms with Gasteiger partial charge >= 0.3 is 0 Å². The molecule has 0 fully saturated rings. The van der Waals surface area contributed by atoms with Crippen molar-refractivity contribution < 1.29 is 9.59 Å². The van der Waals surface area contributed by atoms with E-state index in [0.717, 1.165) is 11.1 Å². The largest absolute Gasteiger partial charge is 0.322 e. The fraction of sp³-hybridized carbons (Fsp3) is 0.0909. The molecule has 3 rings (SSSR count). The van der Waals surface area contributed by atoms with Crippen LogP contribution in [-0.2, 0) is 4.79 Å². The zero-order chi connectivity index (χ0) is 20.8. The fourth-order valence-corrected chi connectivity index (χ4v) is 2.89. The molecule has 2 N–H and O–H groups in total. The number of aryl methyl sites for hydroxylation is 2. The van der Waals surface area contributed by atoms with Crippen molar-refractivity contribution in [1.82, 2.24) is 9.97 Å². The van der Waals surface area contributed by atoms with Crippen molar-refractivity contribution in [1.29, 1.82) is 0 Å². The van der Waals surface area contributed by atoms with Crippen LogP contribution in [0, 0.1) is 13.8 Å². The third-order valence-electron chi connectivity index (χ3n) is 4.23. The minimum Gasteiger partial charge on any atom is -0.322 e. The molecule has 146 valence electrons. The molecule has 6 nitrogen and oxygen atoms in total. The van der Waals surface area contributed by atoms with Gasteiger partial charge in [0.05, 0.1) is 10.7 Å². The van der Waals surface area contributed by atoms with Crippen LogP contribution in [0.1, 0.15) is 27.0 Å².